The zero-order chi connectivity index (χ0) is 19.8. The zero-order valence-corrected chi connectivity index (χ0v) is 16.4. The Labute approximate surface area is 170 Å². The average molecular weight is 386 g/mol. The Balaban J connectivity index is 1.52. The second-order valence-corrected chi connectivity index (χ2v) is 7.85. The molecule has 1 heterocycles. The summed E-state index contributed by atoms with van der Waals surface area (Å²) in [5, 5.41) is 4.60. The minimum absolute atomic E-state index is 0.00347. The van der Waals surface area contributed by atoms with Gasteiger partial charge in [0, 0.05) is 5.41 Å². The Bertz CT molecular complexity index is 1090. The molecule has 2 aliphatic carbocycles. The van der Waals surface area contributed by atoms with E-state index < -0.39 is 0 Å². The van der Waals surface area contributed by atoms with Crippen LogP contribution in [0.15, 0.2) is 66.9 Å². The van der Waals surface area contributed by atoms with Crippen molar-refractivity contribution in [2.45, 2.75) is 25.7 Å². The van der Waals surface area contributed by atoms with Crippen molar-refractivity contribution in [3.63, 3.8) is 0 Å². The monoisotopic (exact) mass is 386 g/mol. The maximum atomic E-state index is 13.3. The van der Waals surface area contributed by atoms with Gasteiger partial charge in [-0.05, 0) is 84.9 Å². The zero-order valence-electron chi connectivity index (χ0n) is 16.4. The summed E-state index contributed by atoms with van der Waals surface area (Å²) in [5.74, 6) is 0.641. The highest BCUT2D eigenvalue weighted by atomic mass is 19.1. The molecule has 5 rings (SSSR count). The van der Waals surface area contributed by atoms with Crippen molar-refractivity contribution in [3.05, 3.63) is 89.5 Å². The Morgan fingerprint density at radius 1 is 1.07 bits per heavy atom. The predicted octanol–water partition coefficient (Wildman–Crippen LogP) is 5.84. The molecule has 4 heteroatoms. The first-order valence-electron chi connectivity index (χ1n) is 10.1. The molecule has 0 N–H and O–H groups in total. The van der Waals surface area contributed by atoms with E-state index in [2.05, 4.69) is 35.5 Å². The highest BCUT2D eigenvalue weighted by molar-refractivity contribution is 5.77. The van der Waals surface area contributed by atoms with Crippen molar-refractivity contribution in [2.75, 3.05) is 7.11 Å². The minimum atomic E-state index is -0.235. The Morgan fingerprint density at radius 3 is 2.62 bits per heavy atom. The van der Waals surface area contributed by atoms with Gasteiger partial charge in [0.1, 0.15) is 11.6 Å². The van der Waals surface area contributed by atoms with E-state index in [1.807, 2.05) is 23.0 Å². The lowest BCUT2D eigenvalue weighted by atomic mass is 9.65. The molecule has 1 aromatic heterocycles. The van der Waals surface area contributed by atoms with Gasteiger partial charge in [-0.2, -0.15) is 5.10 Å². The molecule has 1 atom stereocenters. The predicted molar refractivity (Wildman–Crippen MR) is 114 cm³/mol. The summed E-state index contributed by atoms with van der Waals surface area (Å²) in [6.45, 7) is 0. The first-order valence-corrected chi connectivity index (χ1v) is 10.1. The first-order chi connectivity index (χ1) is 14.2. The number of fused-ring (bicyclic) bond motifs is 1. The third-order valence-electron chi connectivity index (χ3n) is 6.14. The molecule has 2 aromatic carbocycles. The maximum absolute atomic E-state index is 13.3. The number of hydrogen-bond acceptors (Lipinski definition) is 2. The van der Waals surface area contributed by atoms with Crippen LogP contribution in [0.1, 0.15) is 36.1 Å². The van der Waals surface area contributed by atoms with Gasteiger partial charge < -0.3 is 4.74 Å². The molecule has 0 saturated heterocycles. The van der Waals surface area contributed by atoms with Crippen LogP contribution in [-0.4, -0.2) is 16.9 Å². The molecule has 3 aromatic rings. The number of ether oxygens (including phenoxy) is 1. The fourth-order valence-electron chi connectivity index (χ4n) is 4.67. The highest BCUT2D eigenvalue weighted by Gasteiger charge is 2.37. The topological polar surface area (TPSA) is 27.1 Å². The van der Waals surface area contributed by atoms with Gasteiger partial charge in [0.2, 0.25) is 0 Å². The van der Waals surface area contributed by atoms with Gasteiger partial charge in [0.05, 0.1) is 24.7 Å². The molecular weight excluding hydrogens is 363 g/mol. The van der Waals surface area contributed by atoms with Crippen LogP contribution in [0.25, 0.3) is 17.3 Å². The van der Waals surface area contributed by atoms with E-state index in [1.54, 1.807) is 19.2 Å². The van der Waals surface area contributed by atoms with E-state index >= 15 is 0 Å². The summed E-state index contributed by atoms with van der Waals surface area (Å²) >= 11 is 0. The van der Waals surface area contributed by atoms with E-state index in [1.165, 1.54) is 35.3 Å². The van der Waals surface area contributed by atoms with Gasteiger partial charge in [0.15, 0.2) is 0 Å². The van der Waals surface area contributed by atoms with Crippen molar-refractivity contribution < 1.29 is 9.13 Å². The van der Waals surface area contributed by atoms with Crippen molar-refractivity contribution in [3.8, 4) is 11.4 Å². The largest absolute Gasteiger partial charge is 0.497 e. The number of aromatic nitrogens is 2. The number of methoxy groups -OCH3 is 1. The fourth-order valence-corrected chi connectivity index (χ4v) is 4.67. The fraction of sp³-hybridized carbons (Fsp3) is 0.240. The van der Waals surface area contributed by atoms with Crippen molar-refractivity contribution in [1.29, 1.82) is 0 Å². The SMILES string of the molecule is COc1ccc(C2=CCCC[C@]23C=Cc2c(cnn2-c2ccc(F)cc2)C3)cc1. The smallest absolute Gasteiger partial charge is 0.123 e. The Kier molecular flexibility index (Phi) is 4.35. The maximum Gasteiger partial charge on any atom is 0.123 e. The van der Waals surface area contributed by atoms with Crippen molar-refractivity contribution in [2.24, 2.45) is 5.41 Å². The summed E-state index contributed by atoms with van der Waals surface area (Å²) in [7, 11) is 1.69. The van der Waals surface area contributed by atoms with E-state index in [0.29, 0.717) is 0 Å². The molecule has 0 radical (unpaired) electrons. The molecule has 0 fully saturated rings. The van der Waals surface area contributed by atoms with Crippen LogP contribution < -0.4 is 4.74 Å². The lowest BCUT2D eigenvalue weighted by Gasteiger charge is -2.39. The van der Waals surface area contributed by atoms with E-state index in [4.69, 9.17) is 4.74 Å². The van der Waals surface area contributed by atoms with E-state index in [0.717, 1.165) is 36.4 Å². The van der Waals surface area contributed by atoms with Gasteiger partial charge in [-0.25, -0.2) is 9.07 Å². The first kappa shape index (κ1) is 17.9. The van der Waals surface area contributed by atoms with E-state index in [-0.39, 0.29) is 11.2 Å². The van der Waals surface area contributed by atoms with Gasteiger partial charge in [-0.15, -0.1) is 0 Å². The lowest BCUT2D eigenvalue weighted by Crippen LogP contribution is -2.28. The van der Waals surface area contributed by atoms with Crippen LogP contribution in [0.4, 0.5) is 4.39 Å². The van der Waals surface area contributed by atoms with E-state index in [9.17, 15) is 4.39 Å². The Hall–Kier alpha value is -3.14. The quantitative estimate of drug-likeness (QED) is 0.565. The minimum Gasteiger partial charge on any atom is -0.497 e. The van der Waals surface area contributed by atoms with Gasteiger partial charge in [-0.3, -0.25) is 0 Å². The number of hydrogen-bond donors (Lipinski definition) is 0. The lowest BCUT2D eigenvalue weighted by molar-refractivity contribution is 0.414. The third kappa shape index (κ3) is 3.09. The number of halogens is 1. The van der Waals surface area contributed by atoms with Crippen LogP contribution in [0.5, 0.6) is 5.75 Å². The van der Waals surface area contributed by atoms with Crippen molar-refractivity contribution in [1.82, 2.24) is 9.78 Å². The Morgan fingerprint density at radius 2 is 1.86 bits per heavy atom. The second kappa shape index (κ2) is 7.03. The van der Waals surface area contributed by atoms with Gasteiger partial charge in [-0.1, -0.05) is 24.3 Å². The van der Waals surface area contributed by atoms with Gasteiger partial charge in [0.25, 0.3) is 0 Å². The second-order valence-electron chi connectivity index (χ2n) is 7.85. The summed E-state index contributed by atoms with van der Waals surface area (Å²) in [4.78, 5) is 0. The molecule has 0 bridgehead atoms. The molecule has 0 unspecified atom stereocenters. The normalized spacial score (nSPS) is 20.4. The standard InChI is InChI=1S/C25H23FN2O/c1-29-22-11-5-18(6-12-22)23-4-2-3-14-25(23)15-13-24-19(16-25)17-27-28(24)21-9-7-20(26)8-10-21/h4-13,15,17H,2-3,14,16H2,1H3/t25-/m1/s1. The highest BCUT2D eigenvalue weighted by Crippen LogP contribution is 2.49. The van der Waals surface area contributed by atoms with Gasteiger partial charge >= 0.3 is 0 Å². The number of rotatable bonds is 3. The molecule has 146 valence electrons. The molecule has 1 spiro atoms. The van der Waals surface area contributed by atoms with Crippen LogP contribution >= 0.6 is 0 Å². The molecular formula is C25H23FN2O. The molecule has 2 aliphatic rings. The number of benzene rings is 2. The molecule has 3 nitrogen and oxygen atoms in total. The third-order valence-corrected chi connectivity index (χ3v) is 6.14. The number of nitrogens with zero attached hydrogens (tertiary/aromatic N) is 2. The molecule has 0 amide bonds. The van der Waals surface area contributed by atoms with Crippen LogP contribution in [0.2, 0.25) is 0 Å². The van der Waals surface area contributed by atoms with Crippen LogP contribution in [0, 0.1) is 11.2 Å². The summed E-state index contributed by atoms with van der Waals surface area (Å²) in [5.41, 5.74) is 5.84. The molecule has 0 saturated carbocycles. The molecule has 29 heavy (non-hydrogen) atoms. The molecule has 0 aliphatic heterocycles. The average Bonchev–Trinajstić information content (AvgIpc) is 3.17. The van der Waals surface area contributed by atoms with Crippen LogP contribution in [0.3, 0.4) is 0 Å². The number of allylic oxidation sites excluding steroid dienone is 3. The summed E-state index contributed by atoms with van der Waals surface area (Å²) in [6, 6.07) is 14.9. The van der Waals surface area contributed by atoms with Crippen molar-refractivity contribution >= 4 is 11.6 Å². The summed E-state index contributed by atoms with van der Waals surface area (Å²) in [6.07, 6.45) is 13.3. The van der Waals surface area contributed by atoms with Crippen LogP contribution in [-0.2, 0) is 6.42 Å². The summed E-state index contributed by atoms with van der Waals surface area (Å²) < 4.78 is 20.5.